The Labute approximate surface area is 146 Å². The predicted octanol–water partition coefficient (Wildman–Crippen LogP) is 0.953. The third kappa shape index (κ3) is 6.40. The van der Waals surface area contributed by atoms with E-state index in [4.69, 9.17) is 5.73 Å². The van der Waals surface area contributed by atoms with Gasteiger partial charge in [0.15, 0.2) is 0 Å². The molecule has 6 nitrogen and oxygen atoms in total. The second-order valence-corrected chi connectivity index (χ2v) is 7.70. The van der Waals surface area contributed by atoms with E-state index in [9.17, 15) is 9.59 Å². The third-order valence-corrected chi connectivity index (χ3v) is 5.29. The van der Waals surface area contributed by atoms with Crippen molar-refractivity contribution >= 4 is 11.8 Å². The number of rotatable bonds is 6. The van der Waals surface area contributed by atoms with Gasteiger partial charge in [-0.05, 0) is 44.9 Å². The van der Waals surface area contributed by atoms with E-state index in [-0.39, 0.29) is 17.9 Å². The van der Waals surface area contributed by atoms with E-state index >= 15 is 0 Å². The van der Waals surface area contributed by atoms with Gasteiger partial charge in [0.2, 0.25) is 11.8 Å². The zero-order valence-electron chi connectivity index (χ0n) is 15.3. The Balaban J connectivity index is 1.63. The van der Waals surface area contributed by atoms with Crippen LogP contribution in [0.4, 0.5) is 0 Å². The maximum atomic E-state index is 12.2. The fourth-order valence-electron chi connectivity index (χ4n) is 3.55. The van der Waals surface area contributed by atoms with Crippen LogP contribution in [0.5, 0.6) is 0 Å². The molecule has 1 saturated carbocycles. The Bertz CT molecular complexity index is 411. The Morgan fingerprint density at radius 1 is 1.12 bits per heavy atom. The van der Waals surface area contributed by atoms with Gasteiger partial charge in [0, 0.05) is 44.7 Å². The van der Waals surface area contributed by atoms with Crippen molar-refractivity contribution in [2.45, 2.75) is 64.5 Å². The third-order valence-electron chi connectivity index (χ3n) is 5.29. The molecule has 1 saturated heterocycles. The number of carbonyl (C=O) groups is 2. The molecule has 1 aliphatic carbocycles. The highest BCUT2D eigenvalue weighted by atomic mass is 16.2. The van der Waals surface area contributed by atoms with Gasteiger partial charge < -0.3 is 16.0 Å². The average Bonchev–Trinajstić information content (AvgIpc) is 2.55. The molecule has 1 aliphatic heterocycles. The molecule has 2 rings (SSSR count). The normalized spacial score (nSPS) is 26.9. The molecule has 0 bridgehead atoms. The van der Waals surface area contributed by atoms with Gasteiger partial charge in [0.1, 0.15) is 0 Å². The van der Waals surface area contributed by atoms with Crippen LogP contribution in [0, 0.1) is 5.92 Å². The quantitative estimate of drug-likeness (QED) is 0.756. The van der Waals surface area contributed by atoms with Crippen LogP contribution in [0.25, 0.3) is 0 Å². The average molecular weight is 338 g/mol. The van der Waals surface area contributed by atoms with Crippen molar-refractivity contribution in [1.29, 1.82) is 0 Å². The molecule has 2 aliphatic rings. The molecular weight excluding hydrogens is 304 g/mol. The number of nitrogens with one attached hydrogen (secondary N) is 1. The maximum Gasteiger partial charge on any atom is 0.234 e. The standard InChI is InChI=1S/C18H34N4O2/c1-14-3-6-16(7-4-14)20-17(23)13-21-9-11-22(12-10-21)18(24)8-5-15(2)19/h14-16H,3-13,19H2,1-2H3,(H,20,23). The summed E-state index contributed by atoms with van der Waals surface area (Å²) in [5, 5.41) is 3.18. The minimum absolute atomic E-state index is 0.0710. The molecule has 6 heteroatoms. The maximum absolute atomic E-state index is 12.2. The summed E-state index contributed by atoms with van der Waals surface area (Å²) in [4.78, 5) is 28.4. The number of carbonyl (C=O) groups excluding carboxylic acids is 2. The summed E-state index contributed by atoms with van der Waals surface area (Å²) in [6.07, 6.45) is 5.91. The number of amides is 2. The van der Waals surface area contributed by atoms with Crippen molar-refractivity contribution in [3.05, 3.63) is 0 Å². The molecule has 24 heavy (non-hydrogen) atoms. The van der Waals surface area contributed by atoms with Crippen LogP contribution in [-0.2, 0) is 9.59 Å². The summed E-state index contributed by atoms with van der Waals surface area (Å²) in [6.45, 7) is 7.65. The Kier molecular flexibility index (Phi) is 7.49. The molecule has 2 amide bonds. The van der Waals surface area contributed by atoms with Crippen LogP contribution in [0.2, 0.25) is 0 Å². The van der Waals surface area contributed by atoms with Gasteiger partial charge in [-0.25, -0.2) is 0 Å². The van der Waals surface area contributed by atoms with Gasteiger partial charge in [-0.2, -0.15) is 0 Å². The number of nitrogens with zero attached hydrogens (tertiary/aromatic N) is 2. The van der Waals surface area contributed by atoms with Crippen LogP contribution >= 0.6 is 0 Å². The van der Waals surface area contributed by atoms with E-state index in [2.05, 4.69) is 17.1 Å². The fourth-order valence-corrected chi connectivity index (χ4v) is 3.55. The lowest BCUT2D eigenvalue weighted by atomic mass is 9.87. The van der Waals surface area contributed by atoms with E-state index in [1.165, 1.54) is 12.8 Å². The molecular formula is C18H34N4O2. The van der Waals surface area contributed by atoms with Gasteiger partial charge >= 0.3 is 0 Å². The van der Waals surface area contributed by atoms with Gasteiger partial charge in [-0.3, -0.25) is 14.5 Å². The summed E-state index contributed by atoms with van der Waals surface area (Å²) in [5.74, 6) is 1.12. The summed E-state index contributed by atoms with van der Waals surface area (Å²) < 4.78 is 0. The molecule has 0 aromatic heterocycles. The highest BCUT2D eigenvalue weighted by Gasteiger charge is 2.24. The molecule has 1 heterocycles. The van der Waals surface area contributed by atoms with Crippen LogP contribution in [0.1, 0.15) is 52.4 Å². The Morgan fingerprint density at radius 3 is 2.33 bits per heavy atom. The first-order chi connectivity index (χ1) is 11.4. The lowest BCUT2D eigenvalue weighted by Crippen LogP contribution is -2.52. The van der Waals surface area contributed by atoms with Gasteiger partial charge in [-0.1, -0.05) is 6.92 Å². The number of hydrogen-bond acceptors (Lipinski definition) is 4. The van der Waals surface area contributed by atoms with Gasteiger partial charge in [-0.15, -0.1) is 0 Å². The summed E-state index contributed by atoms with van der Waals surface area (Å²) in [7, 11) is 0. The second-order valence-electron chi connectivity index (χ2n) is 7.70. The minimum Gasteiger partial charge on any atom is -0.352 e. The van der Waals surface area contributed by atoms with Crippen molar-refractivity contribution in [2.24, 2.45) is 11.7 Å². The largest absolute Gasteiger partial charge is 0.352 e. The molecule has 0 radical (unpaired) electrons. The monoisotopic (exact) mass is 338 g/mol. The zero-order chi connectivity index (χ0) is 17.5. The highest BCUT2D eigenvalue weighted by molar-refractivity contribution is 5.78. The van der Waals surface area contributed by atoms with Gasteiger partial charge in [0.05, 0.1) is 6.54 Å². The molecule has 138 valence electrons. The SMILES string of the molecule is CC(N)CCC(=O)N1CCN(CC(=O)NC2CCC(C)CC2)CC1. The van der Waals surface area contributed by atoms with Crippen LogP contribution in [-0.4, -0.2) is 66.4 Å². The zero-order valence-corrected chi connectivity index (χ0v) is 15.3. The highest BCUT2D eigenvalue weighted by Crippen LogP contribution is 2.23. The Morgan fingerprint density at radius 2 is 1.75 bits per heavy atom. The van der Waals surface area contributed by atoms with E-state index in [0.29, 0.717) is 32.1 Å². The number of nitrogens with two attached hydrogens (primary N) is 1. The number of piperazine rings is 1. The van der Waals surface area contributed by atoms with E-state index in [1.807, 2.05) is 11.8 Å². The predicted molar refractivity (Wildman–Crippen MR) is 95.5 cm³/mol. The smallest absolute Gasteiger partial charge is 0.234 e. The van der Waals surface area contributed by atoms with Crippen LogP contribution in [0.3, 0.4) is 0 Å². The molecule has 0 aromatic rings. The lowest BCUT2D eigenvalue weighted by Gasteiger charge is -2.35. The van der Waals surface area contributed by atoms with Crippen molar-refractivity contribution in [2.75, 3.05) is 32.7 Å². The van der Waals surface area contributed by atoms with Gasteiger partial charge in [0.25, 0.3) is 0 Å². The van der Waals surface area contributed by atoms with Crippen molar-refractivity contribution in [3.8, 4) is 0 Å². The van der Waals surface area contributed by atoms with E-state index < -0.39 is 0 Å². The van der Waals surface area contributed by atoms with Crippen molar-refractivity contribution in [1.82, 2.24) is 15.1 Å². The molecule has 0 spiro atoms. The number of hydrogen-bond donors (Lipinski definition) is 2. The van der Waals surface area contributed by atoms with Crippen molar-refractivity contribution < 1.29 is 9.59 Å². The summed E-state index contributed by atoms with van der Waals surface area (Å²) in [5.41, 5.74) is 5.71. The van der Waals surface area contributed by atoms with Crippen LogP contribution < -0.4 is 11.1 Å². The molecule has 1 atom stereocenters. The topological polar surface area (TPSA) is 78.7 Å². The first-order valence-corrected chi connectivity index (χ1v) is 9.49. The van der Waals surface area contributed by atoms with E-state index in [1.54, 1.807) is 0 Å². The lowest BCUT2D eigenvalue weighted by molar-refractivity contribution is -0.133. The van der Waals surface area contributed by atoms with Crippen molar-refractivity contribution in [3.63, 3.8) is 0 Å². The molecule has 0 aromatic carbocycles. The first kappa shape index (κ1) is 19.2. The first-order valence-electron chi connectivity index (χ1n) is 9.49. The second kappa shape index (κ2) is 9.37. The molecule has 1 unspecified atom stereocenters. The van der Waals surface area contributed by atoms with Crippen LogP contribution in [0.15, 0.2) is 0 Å². The van der Waals surface area contributed by atoms with E-state index in [0.717, 1.165) is 38.3 Å². The molecule has 3 N–H and O–H groups in total. The summed E-state index contributed by atoms with van der Waals surface area (Å²) in [6, 6.07) is 0.427. The minimum atomic E-state index is 0.0710. The Hall–Kier alpha value is -1.14. The summed E-state index contributed by atoms with van der Waals surface area (Å²) >= 11 is 0. The fraction of sp³-hybridized carbons (Fsp3) is 0.889. The molecule has 2 fully saturated rings.